The highest BCUT2D eigenvalue weighted by molar-refractivity contribution is 7.99. The summed E-state index contributed by atoms with van der Waals surface area (Å²) in [7, 11) is 0. The van der Waals surface area contributed by atoms with E-state index in [2.05, 4.69) is 50.5 Å². The van der Waals surface area contributed by atoms with Gasteiger partial charge in [0.15, 0.2) is 0 Å². The number of benzene rings is 1. The zero-order valence-corrected chi connectivity index (χ0v) is 15.6. The van der Waals surface area contributed by atoms with Crippen LogP contribution in [0.5, 0.6) is 0 Å². The number of piperidine rings is 1. The third-order valence-corrected chi connectivity index (χ3v) is 6.79. The van der Waals surface area contributed by atoms with Gasteiger partial charge in [-0.25, -0.2) is 4.98 Å². The van der Waals surface area contributed by atoms with E-state index in [9.17, 15) is 0 Å². The van der Waals surface area contributed by atoms with E-state index in [-0.39, 0.29) is 0 Å². The number of hydrogen-bond acceptors (Lipinski definition) is 5. The molecule has 3 nitrogen and oxygen atoms in total. The fourth-order valence-corrected chi connectivity index (χ4v) is 5.48. The van der Waals surface area contributed by atoms with Crippen LogP contribution in [0, 0.1) is 5.92 Å². The van der Waals surface area contributed by atoms with Crippen molar-refractivity contribution < 1.29 is 0 Å². The van der Waals surface area contributed by atoms with Crippen LogP contribution in [-0.2, 0) is 6.54 Å². The second kappa shape index (κ2) is 8.00. The van der Waals surface area contributed by atoms with Gasteiger partial charge in [0.25, 0.3) is 0 Å². The van der Waals surface area contributed by atoms with Gasteiger partial charge in [0.1, 0.15) is 0 Å². The number of nitrogens with zero attached hydrogens (tertiary/aromatic N) is 3. The number of rotatable bonds is 6. The maximum atomic E-state index is 4.47. The van der Waals surface area contributed by atoms with Gasteiger partial charge in [-0.15, -0.1) is 23.1 Å². The van der Waals surface area contributed by atoms with Gasteiger partial charge in [0.2, 0.25) is 0 Å². The van der Waals surface area contributed by atoms with Crippen LogP contribution in [-0.4, -0.2) is 52.8 Å². The van der Waals surface area contributed by atoms with Crippen molar-refractivity contribution in [3.63, 3.8) is 0 Å². The molecule has 0 unspecified atom stereocenters. The molecule has 5 rings (SSSR count). The first-order chi connectivity index (χ1) is 11.9. The average Bonchev–Trinajstić information content (AvgIpc) is 2.96. The highest BCUT2D eigenvalue weighted by Gasteiger charge is 2.34. The lowest BCUT2D eigenvalue weighted by Crippen LogP contribution is -2.44. The number of fused-ring (bicyclic) bond motifs is 4. The topological polar surface area (TPSA) is 19.4 Å². The van der Waals surface area contributed by atoms with Gasteiger partial charge in [-0.05, 0) is 30.9 Å². The third kappa shape index (κ3) is 4.20. The van der Waals surface area contributed by atoms with Crippen LogP contribution in [0.25, 0.3) is 0 Å². The van der Waals surface area contributed by atoms with Crippen LogP contribution in [0.15, 0.2) is 46.1 Å². The third-order valence-electron chi connectivity index (χ3n) is 5.16. The van der Waals surface area contributed by atoms with Crippen molar-refractivity contribution in [3.05, 3.63) is 46.9 Å². The monoisotopic (exact) mass is 359 g/mol. The SMILES string of the molecule is c1ccc(SCCN2C[C@@H]3CC[C@H]2CN(Cc2cscn2)C3)cc1. The van der Waals surface area contributed by atoms with E-state index in [4.69, 9.17) is 0 Å². The standard InChI is InChI=1S/C19H25N3S2/c1-2-4-19(5-3-1)24-9-8-22-11-16-6-7-18(22)13-21(10-16)12-17-14-23-15-20-17/h1-5,14-16,18H,6-13H2/t16-,18+/m1/s1. The highest BCUT2D eigenvalue weighted by atomic mass is 32.2. The van der Waals surface area contributed by atoms with Gasteiger partial charge in [-0.1, -0.05) is 18.2 Å². The first kappa shape index (κ1) is 16.6. The maximum absolute atomic E-state index is 4.47. The lowest BCUT2D eigenvalue weighted by atomic mass is 9.95. The minimum absolute atomic E-state index is 0.735. The Balaban J connectivity index is 1.31. The molecule has 0 aliphatic carbocycles. The van der Waals surface area contributed by atoms with Crippen LogP contribution in [0.1, 0.15) is 18.5 Å². The van der Waals surface area contributed by atoms with E-state index in [1.165, 1.54) is 55.4 Å². The second-order valence-electron chi connectivity index (χ2n) is 6.93. The van der Waals surface area contributed by atoms with Crippen molar-refractivity contribution in [1.82, 2.24) is 14.8 Å². The largest absolute Gasteiger partial charge is 0.298 e. The lowest BCUT2D eigenvalue weighted by molar-refractivity contribution is 0.139. The molecule has 2 bridgehead atoms. The average molecular weight is 360 g/mol. The maximum Gasteiger partial charge on any atom is 0.0795 e. The molecule has 2 atom stereocenters. The van der Waals surface area contributed by atoms with Crippen LogP contribution in [0.3, 0.4) is 0 Å². The van der Waals surface area contributed by atoms with E-state index in [0.717, 1.165) is 18.5 Å². The van der Waals surface area contributed by atoms with E-state index in [1.807, 2.05) is 17.3 Å². The molecule has 0 N–H and O–H groups in total. The summed E-state index contributed by atoms with van der Waals surface area (Å²) in [6, 6.07) is 11.5. The molecule has 128 valence electrons. The summed E-state index contributed by atoms with van der Waals surface area (Å²) in [5, 5.41) is 2.20. The van der Waals surface area contributed by atoms with Crippen molar-refractivity contribution in [1.29, 1.82) is 0 Å². The zero-order valence-electron chi connectivity index (χ0n) is 14.0. The molecule has 24 heavy (non-hydrogen) atoms. The molecule has 2 aromatic rings. The lowest BCUT2D eigenvalue weighted by Gasteiger charge is -2.36. The molecule has 5 heteroatoms. The van der Waals surface area contributed by atoms with Gasteiger partial charge >= 0.3 is 0 Å². The first-order valence-electron chi connectivity index (χ1n) is 8.88. The van der Waals surface area contributed by atoms with Crippen molar-refractivity contribution in [2.24, 2.45) is 5.92 Å². The van der Waals surface area contributed by atoms with Crippen LogP contribution in [0.2, 0.25) is 0 Å². The summed E-state index contributed by atoms with van der Waals surface area (Å²) in [5.41, 5.74) is 3.20. The Morgan fingerprint density at radius 1 is 1.12 bits per heavy atom. The van der Waals surface area contributed by atoms with E-state index in [0.29, 0.717) is 0 Å². The number of thioether (sulfide) groups is 1. The summed E-state index contributed by atoms with van der Waals surface area (Å²) in [6.45, 7) is 5.99. The Labute approximate surface area is 153 Å². The molecule has 3 fully saturated rings. The molecule has 1 aromatic carbocycles. The van der Waals surface area contributed by atoms with E-state index in [1.54, 1.807) is 11.3 Å². The van der Waals surface area contributed by atoms with Crippen LogP contribution >= 0.6 is 23.1 Å². The van der Waals surface area contributed by atoms with Gasteiger partial charge in [0.05, 0.1) is 11.2 Å². The molecule has 0 saturated carbocycles. The normalized spacial score (nSPS) is 25.0. The van der Waals surface area contributed by atoms with Gasteiger partial charge < -0.3 is 0 Å². The highest BCUT2D eigenvalue weighted by Crippen LogP contribution is 2.29. The summed E-state index contributed by atoms with van der Waals surface area (Å²) < 4.78 is 0. The summed E-state index contributed by atoms with van der Waals surface area (Å²) in [6.07, 6.45) is 2.77. The minimum atomic E-state index is 0.735. The Kier molecular flexibility index (Phi) is 5.53. The van der Waals surface area contributed by atoms with Crippen molar-refractivity contribution in [2.45, 2.75) is 30.3 Å². The summed E-state index contributed by atoms with van der Waals surface area (Å²) in [4.78, 5) is 11.3. The van der Waals surface area contributed by atoms with Gasteiger partial charge in [0, 0.05) is 54.8 Å². The van der Waals surface area contributed by atoms with Crippen molar-refractivity contribution >= 4 is 23.1 Å². The molecule has 0 amide bonds. The predicted molar refractivity (Wildman–Crippen MR) is 103 cm³/mol. The summed E-state index contributed by atoms with van der Waals surface area (Å²) >= 11 is 3.70. The molecule has 0 spiro atoms. The molecule has 3 saturated heterocycles. The number of aromatic nitrogens is 1. The smallest absolute Gasteiger partial charge is 0.0795 e. The molecule has 4 heterocycles. The number of thiazole rings is 1. The van der Waals surface area contributed by atoms with Crippen molar-refractivity contribution in [3.8, 4) is 0 Å². The molecule has 3 aliphatic heterocycles. The Morgan fingerprint density at radius 2 is 2.04 bits per heavy atom. The predicted octanol–water partition coefficient (Wildman–Crippen LogP) is 3.83. The van der Waals surface area contributed by atoms with Gasteiger partial charge in [-0.2, -0.15) is 0 Å². The van der Waals surface area contributed by atoms with Crippen molar-refractivity contribution in [2.75, 3.05) is 31.9 Å². The second-order valence-corrected chi connectivity index (χ2v) is 8.81. The van der Waals surface area contributed by atoms with E-state index < -0.39 is 0 Å². The van der Waals surface area contributed by atoms with Crippen LogP contribution in [0.4, 0.5) is 0 Å². The Hall–Kier alpha value is -0.880. The molecule has 0 radical (unpaired) electrons. The molecular formula is C19H25N3S2. The molecule has 1 aromatic heterocycles. The zero-order chi connectivity index (χ0) is 16.2. The first-order valence-corrected chi connectivity index (χ1v) is 10.8. The minimum Gasteiger partial charge on any atom is -0.298 e. The quantitative estimate of drug-likeness (QED) is 0.730. The fourth-order valence-electron chi connectivity index (χ4n) is 4.02. The van der Waals surface area contributed by atoms with E-state index >= 15 is 0 Å². The van der Waals surface area contributed by atoms with Crippen LogP contribution < -0.4 is 0 Å². The van der Waals surface area contributed by atoms with Gasteiger partial charge in [-0.3, -0.25) is 9.80 Å². The fraction of sp³-hybridized carbons (Fsp3) is 0.526. The molecular weight excluding hydrogens is 334 g/mol. The summed E-state index contributed by atoms with van der Waals surface area (Å²) in [5.74, 6) is 2.03. The Bertz CT molecular complexity index is 617. The number of hydrogen-bond donors (Lipinski definition) is 0. The Morgan fingerprint density at radius 3 is 2.88 bits per heavy atom. The molecule has 3 aliphatic rings.